The van der Waals surface area contributed by atoms with Crippen molar-refractivity contribution in [1.82, 2.24) is 5.32 Å². The van der Waals surface area contributed by atoms with Crippen molar-refractivity contribution in [3.8, 4) is 0 Å². The highest BCUT2D eigenvalue weighted by molar-refractivity contribution is 5.76. The van der Waals surface area contributed by atoms with E-state index in [2.05, 4.69) is 43.5 Å². The molecule has 0 spiro atoms. The summed E-state index contributed by atoms with van der Waals surface area (Å²) in [5.41, 5.74) is 0. The molecule has 12 N–H and O–H groups in total. The second kappa shape index (κ2) is 37.7. The number of aliphatic hydroxyl groups is 11. The molecule has 0 aliphatic carbocycles. The fourth-order valence-electron chi connectivity index (χ4n) is 9.10. The molecule has 0 aromatic heterocycles. The van der Waals surface area contributed by atoms with E-state index in [0.29, 0.717) is 12.8 Å². The third kappa shape index (κ3) is 22.7. The zero-order valence-corrected chi connectivity index (χ0v) is 43.1. The summed E-state index contributed by atoms with van der Waals surface area (Å²) in [7, 11) is 0. The van der Waals surface area contributed by atoms with Gasteiger partial charge in [-0.05, 0) is 44.9 Å². The van der Waals surface area contributed by atoms with Crippen molar-refractivity contribution < 1.29 is 89.4 Å². The van der Waals surface area contributed by atoms with Crippen LogP contribution in [0.2, 0.25) is 0 Å². The fraction of sp³-hybridized carbons (Fsp3) is 0.868. The Morgan fingerprint density at radius 1 is 0.486 bits per heavy atom. The van der Waals surface area contributed by atoms with E-state index in [4.69, 9.17) is 28.4 Å². The molecule has 17 unspecified atom stereocenters. The molecule has 3 rings (SSSR count). The average molecular weight is 1030 g/mol. The van der Waals surface area contributed by atoms with E-state index < -0.39 is 124 Å². The van der Waals surface area contributed by atoms with Gasteiger partial charge in [-0.2, -0.15) is 0 Å². The van der Waals surface area contributed by atoms with Crippen molar-refractivity contribution in [2.75, 3.05) is 26.4 Å². The molecule has 0 aromatic carbocycles. The zero-order chi connectivity index (χ0) is 52.7. The number of hydrogen-bond donors (Lipinski definition) is 12. The Balaban J connectivity index is 1.48. The van der Waals surface area contributed by atoms with Crippen LogP contribution in [0.5, 0.6) is 0 Å². The summed E-state index contributed by atoms with van der Waals surface area (Å²) in [6, 6.07) is -0.989. The topological polar surface area (TPSA) is 307 Å². The molecule has 72 heavy (non-hydrogen) atoms. The molecule has 420 valence electrons. The highest BCUT2D eigenvalue weighted by Gasteiger charge is 2.53. The summed E-state index contributed by atoms with van der Waals surface area (Å²) < 4.78 is 34.0. The number of aliphatic hydroxyl groups excluding tert-OH is 11. The molecular formula is C53H95NO18. The summed E-state index contributed by atoms with van der Waals surface area (Å²) >= 11 is 0. The van der Waals surface area contributed by atoms with Gasteiger partial charge in [-0.1, -0.05) is 147 Å². The van der Waals surface area contributed by atoms with E-state index >= 15 is 0 Å². The number of carbonyl (C=O) groups excluding carboxylic acids is 1. The molecule has 3 saturated heterocycles. The molecule has 0 aromatic rings. The first kappa shape index (κ1) is 64.3. The van der Waals surface area contributed by atoms with E-state index in [9.17, 15) is 61.0 Å². The Morgan fingerprint density at radius 3 is 1.39 bits per heavy atom. The van der Waals surface area contributed by atoms with Gasteiger partial charge in [-0.3, -0.25) is 4.79 Å². The van der Waals surface area contributed by atoms with Crippen molar-refractivity contribution in [1.29, 1.82) is 0 Å². The van der Waals surface area contributed by atoms with Gasteiger partial charge in [0.15, 0.2) is 18.9 Å². The maximum absolute atomic E-state index is 13.0. The SMILES string of the molecule is CCCCCCCCCCCCCC/C=C/CC/C=C/CC/C=C/C(O)C(COC1OC(CO)C(OC2OC(CO)C(OC3OC(CO)C(O)C(O)C3O)C(O)C2O)C(O)C1O)NC(=O)CCCCCCC. The minimum atomic E-state index is -1.98. The van der Waals surface area contributed by atoms with Crippen LogP contribution in [0.15, 0.2) is 36.5 Å². The van der Waals surface area contributed by atoms with Crippen LogP contribution < -0.4 is 5.32 Å². The number of carbonyl (C=O) groups is 1. The van der Waals surface area contributed by atoms with Crippen molar-refractivity contribution in [2.45, 2.75) is 266 Å². The van der Waals surface area contributed by atoms with Crippen LogP contribution >= 0.6 is 0 Å². The highest BCUT2D eigenvalue weighted by atomic mass is 16.8. The van der Waals surface area contributed by atoms with Crippen molar-refractivity contribution in [3.05, 3.63) is 36.5 Å². The molecule has 3 aliphatic heterocycles. The van der Waals surface area contributed by atoms with Gasteiger partial charge < -0.3 is 89.9 Å². The molecule has 19 nitrogen and oxygen atoms in total. The van der Waals surface area contributed by atoms with Gasteiger partial charge in [0.05, 0.1) is 38.6 Å². The predicted molar refractivity (Wildman–Crippen MR) is 268 cm³/mol. The Hall–Kier alpha value is -1.99. The first-order valence-electron chi connectivity index (χ1n) is 27.2. The number of ether oxygens (including phenoxy) is 6. The number of amides is 1. The monoisotopic (exact) mass is 1030 g/mol. The lowest BCUT2D eigenvalue weighted by molar-refractivity contribution is -0.379. The van der Waals surface area contributed by atoms with Crippen LogP contribution in [0.1, 0.15) is 162 Å². The minimum absolute atomic E-state index is 0.227. The predicted octanol–water partition coefficient (Wildman–Crippen LogP) is 2.98. The van der Waals surface area contributed by atoms with Gasteiger partial charge in [-0.15, -0.1) is 0 Å². The van der Waals surface area contributed by atoms with Gasteiger partial charge in [0.1, 0.15) is 73.2 Å². The quantitative estimate of drug-likeness (QED) is 0.0313. The van der Waals surface area contributed by atoms with Crippen molar-refractivity contribution in [2.24, 2.45) is 0 Å². The lowest BCUT2D eigenvalue weighted by Gasteiger charge is -2.48. The Bertz CT molecular complexity index is 1470. The van der Waals surface area contributed by atoms with E-state index in [1.165, 1.54) is 77.0 Å². The van der Waals surface area contributed by atoms with E-state index in [1.54, 1.807) is 6.08 Å². The second-order valence-corrected chi connectivity index (χ2v) is 19.7. The third-order valence-corrected chi connectivity index (χ3v) is 13.7. The molecule has 3 fully saturated rings. The van der Waals surface area contributed by atoms with Gasteiger partial charge in [0, 0.05) is 6.42 Å². The lowest BCUT2D eigenvalue weighted by atomic mass is 9.96. The first-order chi connectivity index (χ1) is 34.8. The normalized spacial score (nSPS) is 32.3. The van der Waals surface area contributed by atoms with E-state index in [1.807, 2.05) is 6.08 Å². The van der Waals surface area contributed by atoms with Gasteiger partial charge in [-0.25, -0.2) is 0 Å². The zero-order valence-electron chi connectivity index (χ0n) is 43.1. The van der Waals surface area contributed by atoms with Crippen molar-refractivity contribution >= 4 is 5.91 Å². The molecule has 19 heteroatoms. The van der Waals surface area contributed by atoms with Gasteiger partial charge in [0.25, 0.3) is 0 Å². The maximum atomic E-state index is 13.0. The van der Waals surface area contributed by atoms with Crippen LogP contribution in [0.3, 0.4) is 0 Å². The first-order valence-corrected chi connectivity index (χ1v) is 27.2. The molecule has 3 heterocycles. The van der Waals surface area contributed by atoms with Crippen LogP contribution in [-0.4, -0.2) is 193 Å². The molecular weight excluding hydrogens is 939 g/mol. The maximum Gasteiger partial charge on any atom is 0.220 e. The standard InChI is InChI=1S/C53H95NO18/c1-3-5-7-9-10-11-12-13-14-15-16-17-18-19-20-21-22-23-24-25-27-28-30-37(58)36(54-41(59)31-29-26-8-6-4-2)35-67-51-47(65)44(62)49(39(33-56)69-51)72-53-48(66)45(63)50(40(34-57)70-53)71-52-46(64)43(61)42(60)38(32-55)68-52/h19-20,23-24,28,30,36-40,42-53,55-58,60-66H,3-18,21-22,25-27,29,31-35H2,1-2H3,(H,54,59)/b20-19+,24-23+,30-28+. The number of allylic oxidation sites excluding steroid dienone is 5. The molecule has 0 saturated carbocycles. The smallest absolute Gasteiger partial charge is 0.220 e. The van der Waals surface area contributed by atoms with Crippen molar-refractivity contribution in [3.63, 3.8) is 0 Å². The number of nitrogens with one attached hydrogen (secondary N) is 1. The van der Waals surface area contributed by atoms with Crippen LogP contribution in [0.4, 0.5) is 0 Å². The summed E-state index contributed by atoms with van der Waals surface area (Å²) in [5, 5.41) is 119. The lowest BCUT2D eigenvalue weighted by Crippen LogP contribution is -2.66. The van der Waals surface area contributed by atoms with Crippen LogP contribution in [0, 0.1) is 0 Å². The Morgan fingerprint density at radius 2 is 0.889 bits per heavy atom. The van der Waals surface area contributed by atoms with E-state index in [0.717, 1.165) is 51.4 Å². The summed E-state index contributed by atoms with van der Waals surface area (Å²) in [5.74, 6) is -0.305. The average Bonchev–Trinajstić information content (AvgIpc) is 3.37. The number of rotatable bonds is 38. The Kier molecular flexibility index (Phi) is 33.7. The largest absolute Gasteiger partial charge is 0.394 e. The second-order valence-electron chi connectivity index (χ2n) is 19.7. The molecule has 3 aliphatic rings. The highest BCUT2D eigenvalue weighted by Crippen LogP contribution is 2.33. The van der Waals surface area contributed by atoms with Gasteiger partial charge in [0.2, 0.25) is 5.91 Å². The number of hydrogen-bond acceptors (Lipinski definition) is 18. The molecule has 0 radical (unpaired) electrons. The van der Waals surface area contributed by atoms with Crippen LogP contribution in [-0.2, 0) is 33.2 Å². The summed E-state index contributed by atoms with van der Waals surface area (Å²) in [4.78, 5) is 13.0. The minimum Gasteiger partial charge on any atom is -0.394 e. The summed E-state index contributed by atoms with van der Waals surface area (Å²) in [6.07, 6.45) is 10.8. The van der Waals surface area contributed by atoms with Crippen LogP contribution in [0.25, 0.3) is 0 Å². The van der Waals surface area contributed by atoms with Gasteiger partial charge >= 0.3 is 0 Å². The number of unbranched alkanes of at least 4 members (excludes halogenated alkanes) is 18. The van der Waals surface area contributed by atoms with E-state index in [-0.39, 0.29) is 18.9 Å². The summed E-state index contributed by atoms with van der Waals surface area (Å²) in [6.45, 7) is 1.56. The molecule has 0 bridgehead atoms. The fourth-order valence-corrected chi connectivity index (χ4v) is 9.10. The Labute approximate surface area is 428 Å². The molecule has 17 atom stereocenters. The third-order valence-electron chi connectivity index (χ3n) is 13.7. The molecule has 1 amide bonds.